The van der Waals surface area contributed by atoms with E-state index in [1.165, 1.54) is 0 Å². The number of ether oxygens (including phenoxy) is 2. The standard InChI is InChI=1S/C18H20N4O3/c1-24-15-4-2-13(3-5-15)17-19-8-6-16(20-17)21-9-10-22-14(12-21)7-11-25-18(22)23/h2-6,8,14H,7,9-12H2,1H3. The number of fused-ring (bicyclic) bond motifs is 1. The Morgan fingerprint density at radius 3 is 2.84 bits per heavy atom. The van der Waals surface area contributed by atoms with Crippen LogP contribution in [0, 0.1) is 0 Å². The molecular weight excluding hydrogens is 320 g/mol. The Kier molecular flexibility index (Phi) is 4.13. The van der Waals surface area contributed by atoms with E-state index in [9.17, 15) is 4.79 Å². The van der Waals surface area contributed by atoms with Crippen LogP contribution in [0.15, 0.2) is 36.5 Å². The molecule has 0 aliphatic carbocycles. The minimum Gasteiger partial charge on any atom is -0.497 e. The molecule has 2 fully saturated rings. The number of carbonyl (C=O) groups excluding carboxylic acids is 1. The maximum absolute atomic E-state index is 11.8. The van der Waals surface area contributed by atoms with Gasteiger partial charge in [-0.15, -0.1) is 0 Å². The molecule has 7 heteroatoms. The van der Waals surface area contributed by atoms with Gasteiger partial charge in [-0.2, -0.15) is 0 Å². The number of amides is 1. The average molecular weight is 340 g/mol. The van der Waals surface area contributed by atoms with Gasteiger partial charge in [0.1, 0.15) is 11.6 Å². The van der Waals surface area contributed by atoms with E-state index in [1.807, 2.05) is 35.2 Å². The van der Waals surface area contributed by atoms with Crippen LogP contribution in [0.4, 0.5) is 10.6 Å². The Morgan fingerprint density at radius 1 is 1.20 bits per heavy atom. The first kappa shape index (κ1) is 15.7. The summed E-state index contributed by atoms with van der Waals surface area (Å²) in [6.07, 6.45) is 2.44. The van der Waals surface area contributed by atoms with Crippen molar-refractivity contribution in [3.05, 3.63) is 36.5 Å². The van der Waals surface area contributed by atoms with E-state index in [4.69, 9.17) is 14.5 Å². The van der Waals surface area contributed by atoms with Crippen molar-refractivity contribution in [3.8, 4) is 17.1 Å². The highest BCUT2D eigenvalue weighted by Gasteiger charge is 2.34. The Labute approximate surface area is 146 Å². The predicted octanol–water partition coefficient (Wildman–Crippen LogP) is 2.18. The number of methoxy groups -OCH3 is 1. The van der Waals surface area contributed by atoms with Gasteiger partial charge in [0.05, 0.1) is 19.8 Å². The van der Waals surface area contributed by atoms with E-state index in [1.54, 1.807) is 13.3 Å². The molecule has 0 spiro atoms. The summed E-state index contributed by atoms with van der Waals surface area (Å²) in [7, 11) is 1.65. The molecule has 7 nitrogen and oxygen atoms in total. The molecule has 130 valence electrons. The van der Waals surface area contributed by atoms with Crippen LogP contribution in [-0.2, 0) is 4.74 Å². The van der Waals surface area contributed by atoms with Crippen LogP contribution in [0.3, 0.4) is 0 Å². The molecule has 2 aliphatic heterocycles. The second-order valence-corrected chi connectivity index (χ2v) is 6.16. The van der Waals surface area contributed by atoms with Crippen molar-refractivity contribution in [2.75, 3.05) is 38.3 Å². The highest BCUT2D eigenvalue weighted by molar-refractivity contribution is 5.69. The lowest BCUT2D eigenvalue weighted by atomic mass is 10.1. The molecule has 0 saturated carbocycles. The molecule has 4 rings (SSSR count). The van der Waals surface area contributed by atoms with Gasteiger partial charge in [0.2, 0.25) is 0 Å². The zero-order valence-corrected chi connectivity index (χ0v) is 14.1. The van der Waals surface area contributed by atoms with E-state index in [0.29, 0.717) is 19.0 Å². The lowest BCUT2D eigenvalue weighted by Gasteiger charge is -2.43. The zero-order chi connectivity index (χ0) is 17.2. The van der Waals surface area contributed by atoms with Crippen molar-refractivity contribution >= 4 is 11.9 Å². The molecule has 1 unspecified atom stereocenters. The van der Waals surface area contributed by atoms with Crippen molar-refractivity contribution in [3.63, 3.8) is 0 Å². The number of rotatable bonds is 3. The van der Waals surface area contributed by atoms with Gasteiger partial charge < -0.3 is 19.3 Å². The van der Waals surface area contributed by atoms with Crippen LogP contribution < -0.4 is 9.64 Å². The van der Waals surface area contributed by atoms with Crippen LogP contribution >= 0.6 is 0 Å². The smallest absolute Gasteiger partial charge is 0.410 e. The summed E-state index contributed by atoms with van der Waals surface area (Å²) >= 11 is 0. The minimum absolute atomic E-state index is 0.189. The molecule has 0 N–H and O–H groups in total. The quantitative estimate of drug-likeness (QED) is 0.853. The maximum Gasteiger partial charge on any atom is 0.410 e. The Morgan fingerprint density at radius 2 is 2.04 bits per heavy atom. The molecule has 0 radical (unpaired) electrons. The summed E-state index contributed by atoms with van der Waals surface area (Å²) in [4.78, 5) is 25.0. The molecule has 1 amide bonds. The van der Waals surface area contributed by atoms with Gasteiger partial charge in [0.25, 0.3) is 0 Å². The first-order valence-electron chi connectivity index (χ1n) is 8.40. The Bertz CT molecular complexity index is 765. The van der Waals surface area contributed by atoms with Crippen molar-refractivity contribution in [2.45, 2.75) is 12.5 Å². The second-order valence-electron chi connectivity index (χ2n) is 6.16. The highest BCUT2D eigenvalue weighted by atomic mass is 16.6. The van der Waals surface area contributed by atoms with Gasteiger partial charge in [-0.05, 0) is 30.3 Å². The number of aromatic nitrogens is 2. The van der Waals surface area contributed by atoms with Crippen molar-refractivity contribution in [1.82, 2.24) is 14.9 Å². The van der Waals surface area contributed by atoms with Crippen molar-refractivity contribution in [1.29, 1.82) is 0 Å². The summed E-state index contributed by atoms with van der Waals surface area (Å²) in [5.41, 5.74) is 0.947. The molecule has 1 atom stereocenters. The number of hydrogen-bond acceptors (Lipinski definition) is 6. The maximum atomic E-state index is 11.8. The number of nitrogens with zero attached hydrogens (tertiary/aromatic N) is 4. The fourth-order valence-electron chi connectivity index (χ4n) is 3.32. The number of hydrogen-bond donors (Lipinski definition) is 0. The minimum atomic E-state index is -0.197. The summed E-state index contributed by atoms with van der Waals surface area (Å²) in [6.45, 7) is 2.67. The number of benzene rings is 1. The van der Waals surface area contributed by atoms with Crippen LogP contribution in [-0.4, -0.2) is 60.4 Å². The summed E-state index contributed by atoms with van der Waals surface area (Å²) < 4.78 is 10.3. The van der Waals surface area contributed by atoms with Gasteiger partial charge >= 0.3 is 6.09 Å². The molecule has 2 saturated heterocycles. The third-order valence-corrected chi connectivity index (χ3v) is 4.71. The van der Waals surface area contributed by atoms with E-state index in [0.717, 1.165) is 36.6 Å². The largest absolute Gasteiger partial charge is 0.497 e. The van der Waals surface area contributed by atoms with Gasteiger partial charge in [-0.1, -0.05) is 0 Å². The van der Waals surface area contributed by atoms with Crippen LogP contribution in [0.2, 0.25) is 0 Å². The third-order valence-electron chi connectivity index (χ3n) is 4.71. The van der Waals surface area contributed by atoms with Gasteiger partial charge in [-0.25, -0.2) is 14.8 Å². The van der Waals surface area contributed by atoms with E-state index in [2.05, 4.69) is 9.88 Å². The first-order valence-corrected chi connectivity index (χ1v) is 8.40. The number of piperazine rings is 1. The molecule has 0 bridgehead atoms. The first-order chi connectivity index (χ1) is 12.2. The monoisotopic (exact) mass is 340 g/mol. The normalized spacial score (nSPS) is 20.0. The molecule has 3 heterocycles. The Hall–Kier alpha value is -2.83. The third kappa shape index (κ3) is 3.09. The highest BCUT2D eigenvalue weighted by Crippen LogP contribution is 2.25. The summed E-state index contributed by atoms with van der Waals surface area (Å²) in [5.74, 6) is 2.38. The van der Waals surface area contributed by atoms with E-state index in [-0.39, 0.29) is 12.1 Å². The molecule has 25 heavy (non-hydrogen) atoms. The van der Waals surface area contributed by atoms with Gasteiger partial charge in [0.15, 0.2) is 5.82 Å². The fraction of sp³-hybridized carbons (Fsp3) is 0.389. The zero-order valence-electron chi connectivity index (χ0n) is 14.1. The average Bonchev–Trinajstić information content (AvgIpc) is 2.68. The SMILES string of the molecule is COc1ccc(-c2nccc(N3CCN4C(=O)OCCC4C3)n2)cc1. The predicted molar refractivity (Wildman–Crippen MR) is 92.7 cm³/mol. The summed E-state index contributed by atoms with van der Waals surface area (Å²) in [6, 6.07) is 9.81. The van der Waals surface area contributed by atoms with E-state index < -0.39 is 0 Å². The molecular formula is C18H20N4O3. The lowest BCUT2D eigenvalue weighted by molar-refractivity contribution is 0.0397. The van der Waals surface area contributed by atoms with E-state index >= 15 is 0 Å². The molecule has 1 aromatic carbocycles. The van der Waals surface area contributed by atoms with Crippen LogP contribution in [0.1, 0.15) is 6.42 Å². The summed E-state index contributed by atoms with van der Waals surface area (Å²) in [5, 5.41) is 0. The topological polar surface area (TPSA) is 67.8 Å². The van der Waals surface area contributed by atoms with Crippen molar-refractivity contribution < 1.29 is 14.3 Å². The van der Waals surface area contributed by atoms with Gasteiger partial charge in [0, 0.05) is 37.8 Å². The van der Waals surface area contributed by atoms with Crippen molar-refractivity contribution in [2.24, 2.45) is 0 Å². The fourth-order valence-corrected chi connectivity index (χ4v) is 3.32. The molecule has 2 aromatic rings. The number of cyclic esters (lactones) is 1. The lowest BCUT2D eigenvalue weighted by Crippen LogP contribution is -2.58. The number of anilines is 1. The van der Waals surface area contributed by atoms with Crippen LogP contribution in [0.5, 0.6) is 5.75 Å². The number of carbonyl (C=O) groups is 1. The Balaban J connectivity index is 1.54. The van der Waals surface area contributed by atoms with Gasteiger partial charge in [-0.3, -0.25) is 0 Å². The molecule has 2 aliphatic rings. The molecule has 1 aromatic heterocycles. The van der Waals surface area contributed by atoms with Crippen LogP contribution in [0.25, 0.3) is 11.4 Å². The second kappa shape index (κ2) is 6.58.